The maximum atomic E-state index is 12.8. The topological polar surface area (TPSA) is 44.1 Å². The fourth-order valence-corrected chi connectivity index (χ4v) is 3.00. The highest BCUT2D eigenvalue weighted by Crippen LogP contribution is 2.22. The molecule has 4 nitrogen and oxygen atoms in total. The van der Waals surface area contributed by atoms with Gasteiger partial charge in [-0.05, 0) is 50.1 Å². The van der Waals surface area contributed by atoms with Crippen LogP contribution in [-0.4, -0.2) is 21.8 Å². The van der Waals surface area contributed by atoms with Gasteiger partial charge in [-0.2, -0.15) is 5.10 Å². The van der Waals surface area contributed by atoms with E-state index in [0.717, 1.165) is 27.7 Å². The predicted molar refractivity (Wildman–Crippen MR) is 100 cm³/mol. The Bertz CT molecular complexity index is 940. The first-order chi connectivity index (χ1) is 12.0. The van der Waals surface area contributed by atoms with Gasteiger partial charge < -0.3 is 4.74 Å². The number of ether oxygens (including phenoxy) is 1. The number of benzene rings is 2. The second kappa shape index (κ2) is 6.93. The standard InChI is InChI=1S/C21H22N2O2/c1-5-8-20-14(2)22-23(15(20)3)21(24)16(4)25-19-12-11-17-9-6-7-10-18(17)13-19/h5-7,9-13,16H,1,8H2,2-4H3. The van der Waals surface area contributed by atoms with Crippen LogP contribution in [0, 0.1) is 13.8 Å². The molecule has 0 spiro atoms. The van der Waals surface area contributed by atoms with Gasteiger partial charge in [-0.3, -0.25) is 4.79 Å². The lowest BCUT2D eigenvalue weighted by Gasteiger charge is -2.15. The highest BCUT2D eigenvalue weighted by molar-refractivity contribution is 5.85. The lowest BCUT2D eigenvalue weighted by Crippen LogP contribution is -2.30. The molecule has 2 aromatic carbocycles. The zero-order valence-corrected chi connectivity index (χ0v) is 14.8. The maximum Gasteiger partial charge on any atom is 0.287 e. The number of hydrogen-bond acceptors (Lipinski definition) is 3. The second-order valence-corrected chi connectivity index (χ2v) is 6.16. The monoisotopic (exact) mass is 334 g/mol. The van der Waals surface area contributed by atoms with Gasteiger partial charge in [-0.1, -0.05) is 36.4 Å². The summed E-state index contributed by atoms with van der Waals surface area (Å²) >= 11 is 0. The quantitative estimate of drug-likeness (QED) is 0.646. The molecule has 25 heavy (non-hydrogen) atoms. The Morgan fingerprint density at radius 2 is 1.96 bits per heavy atom. The average Bonchev–Trinajstić information content (AvgIpc) is 2.89. The smallest absolute Gasteiger partial charge is 0.287 e. The first kappa shape index (κ1) is 17.0. The summed E-state index contributed by atoms with van der Waals surface area (Å²) < 4.78 is 7.32. The molecular weight excluding hydrogens is 312 g/mol. The largest absolute Gasteiger partial charge is 0.481 e. The predicted octanol–water partition coefficient (Wildman–Crippen LogP) is 4.49. The van der Waals surface area contributed by atoms with E-state index in [1.165, 1.54) is 4.68 Å². The summed E-state index contributed by atoms with van der Waals surface area (Å²) in [7, 11) is 0. The van der Waals surface area contributed by atoms with Gasteiger partial charge in [0.2, 0.25) is 0 Å². The van der Waals surface area contributed by atoms with E-state index in [0.29, 0.717) is 12.2 Å². The van der Waals surface area contributed by atoms with E-state index < -0.39 is 6.10 Å². The van der Waals surface area contributed by atoms with E-state index in [1.54, 1.807) is 6.92 Å². The number of aromatic nitrogens is 2. The number of fused-ring (bicyclic) bond motifs is 1. The highest BCUT2D eigenvalue weighted by Gasteiger charge is 2.22. The molecule has 0 amide bonds. The third-order valence-electron chi connectivity index (χ3n) is 4.38. The molecule has 1 heterocycles. The number of allylic oxidation sites excluding steroid dienone is 1. The molecule has 1 atom stereocenters. The molecule has 0 aliphatic rings. The summed E-state index contributed by atoms with van der Waals surface area (Å²) in [4.78, 5) is 12.8. The Balaban J connectivity index is 1.82. The number of carbonyl (C=O) groups is 1. The molecule has 3 aromatic rings. The molecule has 0 aliphatic carbocycles. The van der Waals surface area contributed by atoms with E-state index in [1.807, 2.05) is 62.4 Å². The third kappa shape index (κ3) is 3.33. The van der Waals surface area contributed by atoms with Crippen molar-refractivity contribution in [2.75, 3.05) is 0 Å². The van der Waals surface area contributed by atoms with Crippen molar-refractivity contribution in [1.82, 2.24) is 9.78 Å². The zero-order valence-electron chi connectivity index (χ0n) is 14.8. The van der Waals surface area contributed by atoms with Crippen molar-refractivity contribution in [1.29, 1.82) is 0 Å². The van der Waals surface area contributed by atoms with Crippen molar-refractivity contribution in [2.24, 2.45) is 0 Å². The molecule has 4 heteroatoms. The van der Waals surface area contributed by atoms with E-state index in [-0.39, 0.29) is 5.91 Å². The summed E-state index contributed by atoms with van der Waals surface area (Å²) in [5.74, 6) is 0.497. The van der Waals surface area contributed by atoms with Crippen LogP contribution in [0.15, 0.2) is 55.1 Å². The van der Waals surface area contributed by atoms with E-state index in [2.05, 4.69) is 11.7 Å². The molecule has 0 aliphatic heterocycles. The van der Waals surface area contributed by atoms with Gasteiger partial charge in [0.1, 0.15) is 5.75 Å². The molecule has 0 saturated carbocycles. The number of hydrogen-bond donors (Lipinski definition) is 0. The van der Waals surface area contributed by atoms with Gasteiger partial charge >= 0.3 is 0 Å². The van der Waals surface area contributed by atoms with Gasteiger partial charge in [0.05, 0.1) is 5.69 Å². The third-order valence-corrected chi connectivity index (χ3v) is 4.38. The highest BCUT2D eigenvalue weighted by atomic mass is 16.5. The lowest BCUT2D eigenvalue weighted by molar-refractivity contribution is 0.0707. The second-order valence-electron chi connectivity index (χ2n) is 6.16. The molecule has 0 N–H and O–H groups in total. The van der Waals surface area contributed by atoms with Gasteiger partial charge in [0, 0.05) is 11.3 Å². The van der Waals surface area contributed by atoms with Crippen LogP contribution >= 0.6 is 0 Å². The SMILES string of the molecule is C=CCc1c(C)nn(C(=O)C(C)Oc2ccc3ccccc3c2)c1C. The van der Waals surface area contributed by atoms with Crippen LogP contribution < -0.4 is 4.74 Å². The van der Waals surface area contributed by atoms with Crippen LogP contribution in [0.3, 0.4) is 0 Å². The van der Waals surface area contributed by atoms with Crippen molar-refractivity contribution in [3.8, 4) is 5.75 Å². The van der Waals surface area contributed by atoms with Crippen LogP contribution in [0.4, 0.5) is 0 Å². The van der Waals surface area contributed by atoms with Crippen molar-refractivity contribution >= 4 is 16.7 Å². The molecule has 3 rings (SSSR count). The molecule has 0 bridgehead atoms. The summed E-state index contributed by atoms with van der Waals surface area (Å²) in [6, 6.07) is 13.9. The minimum Gasteiger partial charge on any atom is -0.481 e. The van der Waals surface area contributed by atoms with E-state index in [4.69, 9.17) is 4.74 Å². The fraction of sp³-hybridized carbons (Fsp3) is 0.238. The molecule has 0 saturated heterocycles. The van der Waals surface area contributed by atoms with E-state index in [9.17, 15) is 4.79 Å². The average molecular weight is 334 g/mol. The van der Waals surface area contributed by atoms with E-state index >= 15 is 0 Å². The van der Waals surface area contributed by atoms with Crippen LogP contribution in [0.5, 0.6) is 5.75 Å². The lowest BCUT2D eigenvalue weighted by atomic mass is 10.1. The van der Waals surface area contributed by atoms with Gasteiger partial charge in [0.25, 0.3) is 5.91 Å². The molecule has 1 unspecified atom stereocenters. The Kier molecular flexibility index (Phi) is 4.70. The summed E-state index contributed by atoms with van der Waals surface area (Å²) in [6.45, 7) is 9.32. The van der Waals surface area contributed by atoms with Gasteiger partial charge in [-0.15, -0.1) is 6.58 Å². The fourth-order valence-electron chi connectivity index (χ4n) is 3.00. The molecule has 0 radical (unpaired) electrons. The molecule has 1 aromatic heterocycles. The zero-order chi connectivity index (χ0) is 18.0. The Labute approximate surface area is 147 Å². The normalized spacial score (nSPS) is 12.1. The Hall–Kier alpha value is -2.88. The number of aryl methyl sites for hydroxylation is 1. The van der Waals surface area contributed by atoms with Crippen LogP contribution in [0.25, 0.3) is 10.8 Å². The maximum absolute atomic E-state index is 12.8. The van der Waals surface area contributed by atoms with Crippen molar-refractivity contribution in [3.63, 3.8) is 0 Å². The van der Waals surface area contributed by atoms with Crippen molar-refractivity contribution in [2.45, 2.75) is 33.3 Å². The summed E-state index contributed by atoms with van der Waals surface area (Å²) in [5.41, 5.74) is 2.74. The van der Waals surface area contributed by atoms with Gasteiger partial charge in [0.15, 0.2) is 6.10 Å². The van der Waals surface area contributed by atoms with Crippen molar-refractivity contribution in [3.05, 3.63) is 72.1 Å². The Morgan fingerprint density at radius 1 is 1.24 bits per heavy atom. The first-order valence-corrected chi connectivity index (χ1v) is 8.37. The molecule has 0 fully saturated rings. The number of carbonyl (C=O) groups excluding carboxylic acids is 1. The minimum absolute atomic E-state index is 0.177. The minimum atomic E-state index is -0.629. The summed E-state index contributed by atoms with van der Waals surface area (Å²) in [5, 5.41) is 6.60. The number of rotatable bonds is 5. The molecular formula is C21H22N2O2. The van der Waals surface area contributed by atoms with Crippen LogP contribution in [0.1, 0.15) is 28.7 Å². The van der Waals surface area contributed by atoms with Gasteiger partial charge in [-0.25, -0.2) is 4.68 Å². The Morgan fingerprint density at radius 3 is 2.68 bits per heavy atom. The summed E-state index contributed by atoms with van der Waals surface area (Å²) in [6.07, 6.45) is 1.89. The van der Waals surface area contributed by atoms with Crippen LogP contribution in [0.2, 0.25) is 0 Å². The first-order valence-electron chi connectivity index (χ1n) is 8.37. The number of nitrogens with zero attached hydrogens (tertiary/aromatic N) is 2. The van der Waals surface area contributed by atoms with Crippen LogP contribution in [-0.2, 0) is 6.42 Å². The van der Waals surface area contributed by atoms with Crippen molar-refractivity contribution < 1.29 is 9.53 Å². The molecule has 128 valence electrons.